The highest BCUT2D eigenvalue weighted by Crippen LogP contribution is 2.39. The summed E-state index contributed by atoms with van der Waals surface area (Å²) < 4.78 is 7.50. The molecule has 1 aromatic heterocycles. The molecule has 0 saturated carbocycles. The van der Waals surface area contributed by atoms with Crippen molar-refractivity contribution in [3.05, 3.63) is 29.8 Å². The molecular formula is C18H22N4O2S. The van der Waals surface area contributed by atoms with Crippen molar-refractivity contribution in [3.63, 3.8) is 0 Å². The molecule has 3 heterocycles. The van der Waals surface area contributed by atoms with E-state index in [0.29, 0.717) is 32.1 Å². The van der Waals surface area contributed by atoms with E-state index in [-0.39, 0.29) is 11.4 Å². The number of amides is 1. The van der Waals surface area contributed by atoms with Crippen LogP contribution < -0.4 is 0 Å². The summed E-state index contributed by atoms with van der Waals surface area (Å²) in [6, 6.07) is 8.35. The van der Waals surface area contributed by atoms with Gasteiger partial charge in [-0.05, 0) is 25.8 Å². The second kappa shape index (κ2) is 6.46. The molecule has 1 amide bonds. The Morgan fingerprint density at radius 2 is 2.00 bits per heavy atom. The predicted octanol–water partition coefficient (Wildman–Crippen LogP) is 2.19. The average Bonchev–Trinajstić information content (AvgIpc) is 3.06. The Hall–Kier alpha value is -1.86. The minimum absolute atomic E-state index is 0.114. The molecular weight excluding hydrogens is 336 g/mol. The second-order valence-electron chi connectivity index (χ2n) is 7.07. The molecule has 7 heteroatoms. The van der Waals surface area contributed by atoms with Crippen molar-refractivity contribution >= 4 is 17.7 Å². The Bertz CT molecular complexity index is 796. The maximum absolute atomic E-state index is 12.4. The fourth-order valence-corrected chi connectivity index (χ4v) is 4.55. The van der Waals surface area contributed by atoms with Crippen LogP contribution in [0.5, 0.6) is 0 Å². The standard InChI is InChI=1S/C18H22N4O2S/c1-18(2)11-13-5-3-4-6-14(13)16-19-20-17(22(16)18)25-12-15(23)21-7-9-24-10-8-21/h3-6H,7-12H2,1-2H3. The molecule has 132 valence electrons. The monoisotopic (exact) mass is 358 g/mol. The van der Waals surface area contributed by atoms with Gasteiger partial charge in [0.05, 0.1) is 19.0 Å². The van der Waals surface area contributed by atoms with Crippen molar-refractivity contribution in [2.45, 2.75) is 31.0 Å². The fraction of sp³-hybridized carbons (Fsp3) is 0.500. The molecule has 2 aromatic rings. The SMILES string of the molecule is CC1(C)Cc2ccccc2-c2nnc(SCC(=O)N3CCOCC3)n21. The summed E-state index contributed by atoms with van der Waals surface area (Å²) in [5.74, 6) is 1.42. The Labute approximate surface area is 151 Å². The summed E-state index contributed by atoms with van der Waals surface area (Å²) in [4.78, 5) is 14.3. The average molecular weight is 358 g/mol. The van der Waals surface area contributed by atoms with Crippen molar-refractivity contribution in [1.29, 1.82) is 0 Å². The van der Waals surface area contributed by atoms with Gasteiger partial charge in [0.25, 0.3) is 0 Å². The van der Waals surface area contributed by atoms with Crippen LogP contribution in [0.2, 0.25) is 0 Å². The van der Waals surface area contributed by atoms with Crippen LogP contribution in [-0.4, -0.2) is 57.6 Å². The maximum atomic E-state index is 12.4. The van der Waals surface area contributed by atoms with Gasteiger partial charge in [-0.2, -0.15) is 0 Å². The zero-order valence-corrected chi connectivity index (χ0v) is 15.4. The molecule has 2 aliphatic heterocycles. The van der Waals surface area contributed by atoms with Crippen LogP contribution >= 0.6 is 11.8 Å². The number of carbonyl (C=O) groups is 1. The second-order valence-corrected chi connectivity index (χ2v) is 8.01. The number of nitrogens with zero attached hydrogens (tertiary/aromatic N) is 4. The molecule has 0 radical (unpaired) electrons. The number of morpholine rings is 1. The van der Waals surface area contributed by atoms with E-state index in [4.69, 9.17) is 4.74 Å². The lowest BCUT2D eigenvalue weighted by atomic mass is 9.87. The number of hydrogen-bond acceptors (Lipinski definition) is 5. The van der Waals surface area contributed by atoms with Gasteiger partial charge < -0.3 is 9.64 Å². The van der Waals surface area contributed by atoms with Gasteiger partial charge in [0.1, 0.15) is 0 Å². The van der Waals surface area contributed by atoms with Gasteiger partial charge in [-0.3, -0.25) is 9.36 Å². The lowest BCUT2D eigenvalue weighted by Crippen LogP contribution is -2.41. The zero-order valence-electron chi connectivity index (χ0n) is 14.6. The van der Waals surface area contributed by atoms with Crippen LogP contribution in [0.25, 0.3) is 11.4 Å². The van der Waals surface area contributed by atoms with Crippen LogP contribution in [0.1, 0.15) is 19.4 Å². The number of ether oxygens (including phenoxy) is 1. The molecule has 1 saturated heterocycles. The number of aromatic nitrogens is 3. The lowest BCUT2D eigenvalue weighted by Gasteiger charge is -2.34. The largest absolute Gasteiger partial charge is 0.378 e. The summed E-state index contributed by atoms with van der Waals surface area (Å²) in [6.45, 7) is 7.00. The Kier molecular flexibility index (Phi) is 4.29. The van der Waals surface area contributed by atoms with Crippen molar-refractivity contribution in [2.24, 2.45) is 0 Å². The number of carbonyl (C=O) groups excluding carboxylic acids is 1. The fourth-order valence-electron chi connectivity index (χ4n) is 3.55. The highest BCUT2D eigenvalue weighted by molar-refractivity contribution is 7.99. The summed E-state index contributed by atoms with van der Waals surface area (Å²) in [5, 5.41) is 9.64. The molecule has 0 aliphatic carbocycles. The zero-order chi connectivity index (χ0) is 17.4. The van der Waals surface area contributed by atoms with Gasteiger partial charge in [0.15, 0.2) is 11.0 Å². The molecule has 0 atom stereocenters. The molecule has 1 fully saturated rings. The van der Waals surface area contributed by atoms with Crippen molar-refractivity contribution in [3.8, 4) is 11.4 Å². The molecule has 0 unspecified atom stereocenters. The molecule has 0 N–H and O–H groups in total. The molecule has 4 rings (SSSR count). The number of rotatable bonds is 3. The van der Waals surface area contributed by atoms with Gasteiger partial charge in [-0.25, -0.2) is 0 Å². The van der Waals surface area contributed by atoms with Crippen LogP contribution in [0.3, 0.4) is 0 Å². The van der Waals surface area contributed by atoms with E-state index in [1.54, 1.807) is 0 Å². The Morgan fingerprint density at radius 1 is 1.24 bits per heavy atom. The first kappa shape index (κ1) is 16.6. The highest BCUT2D eigenvalue weighted by atomic mass is 32.2. The molecule has 0 spiro atoms. The van der Waals surface area contributed by atoms with Gasteiger partial charge >= 0.3 is 0 Å². The maximum Gasteiger partial charge on any atom is 0.233 e. The molecule has 6 nitrogen and oxygen atoms in total. The number of hydrogen-bond donors (Lipinski definition) is 0. The smallest absolute Gasteiger partial charge is 0.233 e. The third kappa shape index (κ3) is 3.06. The lowest BCUT2D eigenvalue weighted by molar-refractivity contribution is -0.132. The van der Waals surface area contributed by atoms with E-state index in [1.165, 1.54) is 17.3 Å². The third-order valence-corrected chi connectivity index (χ3v) is 5.72. The molecule has 1 aromatic carbocycles. The summed E-state index contributed by atoms with van der Waals surface area (Å²) in [5.41, 5.74) is 2.33. The van der Waals surface area contributed by atoms with Crippen LogP contribution in [0, 0.1) is 0 Å². The van der Waals surface area contributed by atoms with Gasteiger partial charge in [-0.1, -0.05) is 36.0 Å². The van der Waals surface area contributed by atoms with Crippen LogP contribution in [0.15, 0.2) is 29.4 Å². The summed E-state index contributed by atoms with van der Waals surface area (Å²) in [7, 11) is 0. The molecule has 0 bridgehead atoms. The first-order valence-corrected chi connectivity index (χ1v) is 9.57. The number of benzene rings is 1. The molecule has 25 heavy (non-hydrogen) atoms. The quantitative estimate of drug-likeness (QED) is 0.787. The first-order chi connectivity index (χ1) is 12.1. The number of thioether (sulfide) groups is 1. The van der Waals surface area contributed by atoms with Crippen molar-refractivity contribution < 1.29 is 9.53 Å². The summed E-state index contributed by atoms with van der Waals surface area (Å²) >= 11 is 1.48. The topological polar surface area (TPSA) is 60.3 Å². The highest BCUT2D eigenvalue weighted by Gasteiger charge is 2.34. The normalized spacial score (nSPS) is 18.6. The van der Waals surface area contributed by atoms with Gasteiger partial charge in [-0.15, -0.1) is 10.2 Å². The van der Waals surface area contributed by atoms with E-state index in [1.807, 2.05) is 11.0 Å². The van der Waals surface area contributed by atoms with E-state index in [9.17, 15) is 4.79 Å². The van der Waals surface area contributed by atoms with Crippen molar-refractivity contribution in [2.75, 3.05) is 32.1 Å². The minimum atomic E-state index is -0.114. The number of fused-ring (bicyclic) bond motifs is 3. The minimum Gasteiger partial charge on any atom is -0.378 e. The summed E-state index contributed by atoms with van der Waals surface area (Å²) in [6.07, 6.45) is 0.930. The predicted molar refractivity (Wildman–Crippen MR) is 96.6 cm³/mol. The van der Waals surface area contributed by atoms with Gasteiger partial charge in [0, 0.05) is 24.2 Å². The van der Waals surface area contributed by atoms with Crippen LogP contribution in [0.4, 0.5) is 0 Å². The molecule has 2 aliphatic rings. The third-order valence-electron chi connectivity index (χ3n) is 4.81. The van der Waals surface area contributed by atoms with Gasteiger partial charge in [0.2, 0.25) is 5.91 Å². The van der Waals surface area contributed by atoms with E-state index in [2.05, 4.69) is 46.8 Å². The van der Waals surface area contributed by atoms with Crippen LogP contribution in [-0.2, 0) is 21.5 Å². The van der Waals surface area contributed by atoms with Crippen molar-refractivity contribution in [1.82, 2.24) is 19.7 Å². The van der Waals surface area contributed by atoms with E-state index in [0.717, 1.165) is 23.0 Å². The first-order valence-electron chi connectivity index (χ1n) is 8.59. The Morgan fingerprint density at radius 3 is 2.80 bits per heavy atom. The Balaban J connectivity index is 1.57. The van der Waals surface area contributed by atoms with E-state index < -0.39 is 0 Å². The van der Waals surface area contributed by atoms with E-state index >= 15 is 0 Å².